The Morgan fingerprint density at radius 3 is 2.69 bits per heavy atom. The summed E-state index contributed by atoms with van der Waals surface area (Å²) in [6, 6.07) is 0.717. The van der Waals surface area contributed by atoms with E-state index in [0.29, 0.717) is 6.04 Å². The van der Waals surface area contributed by atoms with E-state index in [9.17, 15) is 0 Å². The molecule has 2 aliphatic rings. The van der Waals surface area contributed by atoms with Gasteiger partial charge in [0.2, 0.25) is 0 Å². The van der Waals surface area contributed by atoms with Gasteiger partial charge >= 0.3 is 0 Å². The van der Waals surface area contributed by atoms with Crippen LogP contribution in [0, 0.1) is 5.92 Å². The van der Waals surface area contributed by atoms with Crippen LogP contribution < -0.4 is 5.32 Å². The lowest BCUT2D eigenvalue weighted by Gasteiger charge is -2.39. The van der Waals surface area contributed by atoms with Gasteiger partial charge in [-0.25, -0.2) is 0 Å². The molecule has 2 rings (SSSR count). The molecule has 0 saturated carbocycles. The molecule has 0 aromatic carbocycles. The monoisotopic (exact) mass is 226 g/mol. The summed E-state index contributed by atoms with van der Waals surface area (Å²) in [6.07, 6.45) is 5.33. The number of piperidine rings is 1. The van der Waals surface area contributed by atoms with Gasteiger partial charge in [-0.05, 0) is 57.8 Å². The minimum absolute atomic E-state index is 0.717. The Bertz CT molecular complexity index is 184. The number of hydrogen-bond donors (Lipinski definition) is 1. The minimum atomic E-state index is 0.717. The summed E-state index contributed by atoms with van der Waals surface area (Å²) in [6.45, 7) is 9.02. The molecular weight excluding hydrogens is 200 g/mol. The van der Waals surface area contributed by atoms with Crippen LogP contribution in [0.4, 0.5) is 0 Å². The summed E-state index contributed by atoms with van der Waals surface area (Å²) in [4.78, 5) is 2.65. The molecule has 1 N–H and O–H groups in total. The first-order valence-corrected chi connectivity index (χ1v) is 6.92. The zero-order valence-electron chi connectivity index (χ0n) is 10.6. The van der Waals surface area contributed by atoms with E-state index in [2.05, 4.69) is 17.1 Å². The SMILES string of the molecule is CCNCC1CCN(C2CCCOC2)CC1. The van der Waals surface area contributed by atoms with Crippen molar-refractivity contribution >= 4 is 0 Å². The molecule has 3 heteroatoms. The molecule has 0 amide bonds. The van der Waals surface area contributed by atoms with Gasteiger partial charge in [0.1, 0.15) is 0 Å². The number of ether oxygens (including phenoxy) is 1. The van der Waals surface area contributed by atoms with Crippen molar-refractivity contribution in [2.24, 2.45) is 5.92 Å². The third kappa shape index (κ3) is 3.44. The third-order valence-electron chi connectivity index (χ3n) is 3.98. The molecule has 0 radical (unpaired) electrons. The summed E-state index contributed by atoms with van der Waals surface area (Å²) in [5.74, 6) is 0.903. The van der Waals surface area contributed by atoms with Crippen molar-refractivity contribution < 1.29 is 4.74 Å². The van der Waals surface area contributed by atoms with Crippen LogP contribution in [0.1, 0.15) is 32.6 Å². The molecule has 0 aliphatic carbocycles. The van der Waals surface area contributed by atoms with Crippen LogP contribution in [-0.2, 0) is 4.74 Å². The van der Waals surface area contributed by atoms with E-state index in [1.54, 1.807) is 0 Å². The quantitative estimate of drug-likeness (QED) is 0.786. The second kappa shape index (κ2) is 6.58. The van der Waals surface area contributed by atoms with E-state index in [0.717, 1.165) is 25.7 Å². The van der Waals surface area contributed by atoms with Crippen LogP contribution >= 0.6 is 0 Å². The second-order valence-corrected chi connectivity index (χ2v) is 5.16. The Morgan fingerprint density at radius 2 is 2.06 bits per heavy atom. The van der Waals surface area contributed by atoms with Gasteiger partial charge in [-0.1, -0.05) is 6.92 Å². The number of hydrogen-bond acceptors (Lipinski definition) is 3. The number of rotatable bonds is 4. The van der Waals surface area contributed by atoms with Gasteiger partial charge in [-0.15, -0.1) is 0 Å². The summed E-state index contributed by atoms with van der Waals surface area (Å²) in [7, 11) is 0. The zero-order valence-corrected chi connectivity index (χ0v) is 10.6. The topological polar surface area (TPSA) is 24.5 Å². The maximum Gasteiger partial charge on any atom is 0.0621 e. The highest BCUT2D eigenvalue weighted by Crippen LogP contribution is 2.21. The first-order chi connectivity index (χ1) is 7.90. The standard InChI is InChI=1S/C13H26N2O/c1-2-14-10-12-5-7-15(8-6-12)13-4-3-9-16-11-13/h12-14H,2-11H2,1H3. The molecule has 0 bridgehead atoms. The van der Waals surface area contributed by atoms with Crippen LogP contribution in [0.15, 0.2) is 0 Å². The third-order valence-corrected chi connectivity index (χ3v) is 3.98. The minimum Gasteiger partial charge on any atom is -0.380 e. The highest BCUT2D eigenvalue weighted by atomic mass is 16.5. The molecule has 2 heterocycles. The highest BCUT2D eigenvalue weighted by molar-refractivity contribution is 4.80. The van der Waals surface area contributed by atoms with Crippen molar-refractivity contribution in [3.05, 3.63) is 0 Å². The van der Waals surface area contributed by atoms with Crippen molar-refractivity contribution in [1.82, 2.24) is 10.2 Å². The average molecular weight is 226 g/mol. The molecule has 2 aliphatic heterocycles. The van der Waals surface area contributed by atoms with Gasteiger partial charge in [-0.2, -0.15) is 0 Å². The predicted octanol–water partition coefficient (Wildman–Crippen LogP) is 1.49. The predicted molar refractivity (Wildman–Crippen MR) is 66.7 cm³/mol. The van der Waals surface area contributed by atoms with Crippen LogP contribution in [0.5, 0.6) is 0 Å². The zero-order chi connectivity index (χ0) is 11.2. The Hall–Kier alpha value is -0.120. The molecule has 0 aromatic heterocycles. The second-order valence-electron chi connectivity index (χ2n) is 5.16. The molecule has 1 atom stereocenters. The van der Waals surface area contributed by atoms with E-state index in [4.69, 9.17) is 4.74 Å². The van der Waals surface area contributed by atoms with E-state index >= 15 is 0 Å². The van der Waals surface area contributed by atoms with E-state index in [1.165, 1.54) is 45.3 Å². The first kappa shape index (κ1) is 12.3. The smallest absolute Gasteiger partial charge is 0.0621 e. The molecule has 3 nitrogen and oxygen atoms in total. The van der Waals surface area contributed by atoms with Crippen LogP contribution in [0.2, 0.25) is 0 Å². The van der Waals surface area contributed by atoms with Crippen LogP contribution in [0.25, 0.3) is 0 Å². The van der Waals surface area contributed by atoms with E-state index in [-0.39, 0.29) is 0 Å². The number of likely N-dealkylation sites (tertiary alicyclic amines) is 1. The van der Waals surface area contributed by atoms with Gasteiger partial charge in [0.05, 0.1) is 6.61 Å². The summed E-state index contributed by atoms with van der Waals surface area (Å²) >= 11 is 0. The average Bonchev–Trinajstić information content (AvgIpc) is 2.38. The Morgan fingerprint density at radius 1 is 1.25 bits per heavy atom. The number of nitrogens with one attached hydrogen (secondary N) is 1. The lowest BCUT2D eigenvalue weighted by atomic mass is 9.94. The highest BCUT2D eigenvalue weighted by Gasteiger charge is 2.26. The molecule has 0 aromatic rings. The largest absolute Gasteiger partial charge is 0.380 e. The lowest BCUT2D eigenvalue weighted by Crippen LogP contribution is -2.46. The molecule has 94 valence electrons. The van der Waals surface area contributed by atoms with Crippen molar-refractivity contribution in [1.29, 1.82) is 0 Å². The molecule has 1 unspecified atom stereocenters. The van der Waals surface area contributed by atoms with Crippen LogP contribution in [-0.4, -0.2) is 50.3 Å². The Labute approximate surface area is 99.5 Å². The van der Waals surface area contributed by atoms with Crippen molar-refractivity contribution in [2.75, 3.05) is 39.4 Å². The van der Waals surface area contributed by atoms with Crippen molar-refractivity contribution in [2.45, 2.75) is 38.6 Å². The Kier molecular flexibility index (Phi) is 5.07. The molecule has 2 saturated heterocycles. The summed E-state index contributed by atoms with van der Waals surface area (Å²) in [5, 5.41) is 3.47. The van der Waals surface area contributed by atoms with Gasteiger partial charge in [0, 0.05) is 12.6 Å². The lowest BCUT2D eigenvalue weighted by molar-refractivity contribution is 0.00503. The maximum absolute atomic E-state index is 5.57. The molecule has 2 fully saturated rings. The van der Waals surface area contributed by atoms with E-state index in [1.807, 2.05) is 0 Å². The van der Waals surface area contributed by atoms with Crippen molar-refractivity contribution in [3.8, 4) is 0 Å². The maximum atomic E-state index is 5.57. The number of nitrogens with zero attached hydrogens (tertiary/aromatic N) is 1. The molecular formula is C13H26N2O. The fourth-order valence-corrected chi connectivity index (χ4v) is 2.88. The Balaban J connectivity index is 1.67. The normalized spacial score (nSPS) is 29.4. The van der Waals surface area contributed by atoms with Gasteiger partial charge < -0.3 is 10.1 Å². The molecule has 16 heavy (non-hydrogen) atoms. The summed E-state index contributed by atoms with van der Waals surface area (Å²) in [5.41, 5.74) is 0. The first-order valence-electron chi connectivity index (χ1n) is 6.92. The van der Waals surface area contributed by atoms with Crippen LogP contribution in [0.3, 0.4) is 0 Å². The van der Waals surface area contributed by atoms with Crippen molar-refractivity contribution in [3.63, 3.8) is 0 Å². The summed E-state index contributed by atoms with van der Waals surface area (Å²) < 4.78 is 5.57. The van der Waals surface area contributed by atoms with Gasteiger partial charge in [0.25, 0.3) is 0 Å². The van der Waals surface area contributed by atoms with Gasteiger partial charge in [0.15, 0.2) is 0 Å². The fourth-order valence-electron chi connectivity index (χ4n) is 2.88. The fraction of sp³-hybridized carbons (Fsp3) is 1.00. The molecule has 0 spiro atoms. The van der Waals surface area contributed by atoms with E-state index < -0.39 is 0 Å². The van der Waals surface area contributed by atoms with Gasteiger partial charge in [-0.3, -0.25) is 4.90 Å².